The molecule has 0 unspecified atom stereocenters. The summed E-state index contributed by atoms with van der Waals surface area (Å²) in [7, 11) is 1.62. The standard InChI is InChI=1S/C14H18N2O2S2/c1-8-5-11(10(3)20-8)9(2)15-14(17)12-7-19-13(16-12)6-18-4/h5,7,9H,6H2,1-4H3,(H,15,17)/t9-/m1/s1. The van der Waals surface area contributed by atoms with Crippen molar-refractivity contribution < 1.29 is 9.53 Å². The Morgan fingerprint density at radius 2 is 2.25 bits per heavy atom. The fourth-order valence-corrected chi connectivity index (χ4v) is 3.80. The Hall–Kier alpha value is -1.24. The van der Waals surface area contributed by atoms with E-state index in [2.05, 4.69) is 30.2 Å². The Kier molecular flexibility index (Phi) is 4.91. The Morgan fingerprint density at radius 1 is 1.50 bits per heavy atom. The molecule has 108 valence electrons. The lowest BCUT2D eigenvalue weighted by Crippen LogP contribution is -2.27. The molecule has 0 saturated heterocycles. The lowest BCUT2D eigenvalue weighted by Gasteiger charge is -2.12. The van der Waals surface area contributed by atoms with Gasteiger partial charge in [-0.3, -0.25) is 4.79 Å². The molecular weight excluding hydrogens is 292 g/mol. The highest BCUT2D eigenvalue weighted by molar-refractivity contribution is 7.12. The first kappa shape index (κ1) is 15.2. The largest absolute Gasteiger partial charge is 0.378 e. The highest BCUT2D eigenvalue weighted by Gasteiger charge is 2.17. The van der Waals surface area contributed by atoms with Gasteiger partial charge < -0.3 is 10.1 Å². The first-order valence-electron chi connectivity index (χ1n) is 6.32. The first-order chi connectivity index (χ1) is 9.51. The van der Waals surface area contributed by atoms with Crippen LogP contribution in [0.25, 0.3) is 0 Å². The van der Waals surface area contributed by atoms with E-state index < -0.39 is 0 Å². The summed E-state index contributed by atoms with van der Waals surface area (Å²) in [6, 6.07) is 2.11. The molecule has 1 N–H and O–H groups in total. The van der Waals surface area contributed by atoms with Crippen molar-refractivity contribution in [3.05, 3.63) is 37.5 Å². The predicted octanol–water partition coefficient (Wildman–Crippen LogP) is 3.46. The summed E-state index contributed by atoms with van der Waals surface area (Å²) in [6.45, 7) is 6.59. The van der Waals surface area contributed by atoms with E-state index in [9.17, 15) is 4.79 Å². The summed E-state index contributed by atoms with van der Waals surface area (Å²) in [5.74, 6) is -0.139. The Balaban J connectivity index is 2.05. The van der Waals surface area contributed by atoms with Gasteiger partial charge in [-0.05, 0) is 32.4 Å². The topological polar surface area (TPSA) is 51.2 Å². The van der Waals surface area contributed by atoms with Gasteiger partial charge in [0.2, 0.25) is 0 Å². The van der Waals surface area contributed by atoms with Crippen LogP contribution in [0.2, 0.25) is 0 Å². The molecule has 0 aromatic carbocycles. The summed E-state index contributed by atoms with van der Waals surface area (Å²) in [6.07, 6.45) is 0. The van der Waals surface area contributed by atoms with Crippen LogP contribution in [0.4, 0.5) is 0 Å². The zero-order valence-electron chi connectivity index (χ0n) is 12.0. The number of carbonyl (C=O) groups is 1. The number of nitrogens with one attached hydrogen (secondary N) is 1. The molecule has 0 saturated carbocycles. The van der Waals surface area contributed by atoms with Crippen LogP contribution in [0.5, 0.6) is 0 Å². The number of hydrogen-bond acceptors (Lipinski definition) is 5. The third kappa shape index (κ3) is 3.45. The lowest BCUT2D eigenvalue weighted by atomic mass is 10.1. The van der Waals surface area contributed by atoms with Crippen molar-refractivity contribution in [2.45, 2.75) is 33.4 Å². The monoisotopic (exact) mass is 310 g/mol. The smallest absolute Gasteiger partial charge is 0.271 e. The highest BCUT2D eigenvalue weighted by atomic mass is 32.1. The molecule has 0 radical (unpaired) electrons. The van der Waals surface area contributed by atoms with Gasteiger partial charge >= 0.3 is 0 Å². The van der Waals surface area contributed by atoms with Crippen molar-refractivity contribution in [3.8, 4) is 0 Å². The fourth-order valence-electron chi connectivity index (χ4n) is 2.03. The Labute approximate surface area is 126 Å². The van der Waals surface area contributed by atoms with E-state index in [1.807, 2.05) is 6.92 Å². The number of thiazole rings is 1. The minimum atomic E-state index is -0.139. The first-order valence-corrected chi connectivity index (χ1v) is 8.02. The minimum Gasteiger partial charge on any atom is -0.378 e. The van der Waals surface area contributed by atoms with E-state index in [4.69, 9.17) is 4.74 Å². The second-order valence-corrected chi connectivity index (χ2v) is 7.03. The normalized spacial score (nSPS) is 12.4. The summed E-state index contributed by atoms with van der Waals surface area (Å²) < 4.78 is 5.01. The van der Waals surface area contributed by atoms with Crippen LogP contribution < -0.4 is 5.32 Å². The van der Waals surface area contributed by atoms with E-state index in [0.717, 1.165) is 5.01 Å². The molecule has 1 amide bonds. The molecule has 0 fully saturated rings. The van der Waals surface area contributed by atoms with E-state index >= 15 is 0 Å². The van der Waals surface area contributed by atoms with Gasteiger partial charge in [0, 0.05) is 22.2 Å². The van der Waals surface area contributed by atoms with Gasteiger partial charge in [-0.25, -0.2) is 4.98 Å². The van der Waals surface area contributed by atoms with Crippen LogP contribution in [-0.4, -0.2) is 18.0 Å². The zero-order valence-corrected chi connectivity index (χ0v) is 13.7. The van der Waals surface area contributed by atoms with Gasteiger partial charge in [-0.2, -0.15) is 0 Å². The van der Waals surface area contributed by atoms with Crippen LogP contribution in [0.3, 0.4) is 0 Å². The molecule has 20 heavy (non-hydrogen) atoms. The quantitative estimate of drug-likeness (QED) is 0.920. The maximum absolute atomic E-state index is 12.2. The number of thiophene rings is 1. The number of rotatable bonds is 5. The maximum Gasteiger partial charge on any atom is 0.271 e. The van der Waals surface area contributed by atoms with E-state index in [0.29, 0.717) is 12.3 Å². The molecule has 0 bridgehead atoms. The Morgan fingerprint density at radius 3 is 2.85 bits per heavy atom. The van der Waals surface area contributed by atoms with Crippen molar-refractivity contribution in [1.82, 2.24) is 10.3 Å². The van der Waals surface area contributed by atoms with Crippen molar-refractivity contribution in [1.29, 1.82) is 0 Å². The third-order valence-corrected chi connectivity index (χ3v) is 4.75. The summed E-state index contributed by atoms with van der Waals surface area (Å²) in [4.78, 5) is 18.9. The van der Waals surface area contributed by atoms with Gasteiger partial charge in [0.15, 0.2) is 0 Å². The van der Waals surface area contributed by atoms with Gasteiger partial charge in [0.05, 0.1) is 12.6 Å². The van der Waals surface area contributed by atoms with E-state index in [1.54, 1.807) is 23.8 Å². The number of aromatic nitrogens is 1. The number of carbonyl (C=O) groups excluding carboxylic acids is 1. The number of hydrogen-bond donors (Lipinski definition) is 1. The molecule has 2 aromatic heterocycles. The van der Waals surface area contributed by atoms with E-state index in [1.165, 1.54) is 26.7 Å². The molecule has 2 aromatic rings. The number of ether oxygens (including phenoxy) is 1. The van der Waals surface area contributed by atoms with Crippen LogP contribution in [-0.2, 0) is 11.3 Å². The lowest BCUT2D eigenvalue weighted by molar-refractivity contribution is 0.0935. The van der Waals surface area contributed by atoms with Gasteiger partial charge in [0.1, 0.15) is 10.7 Å². The molecule has 2 rings (SSSR count). The van der Waals surface area contributed by atoms with Crippen molar-refractivity contribution in [2.75, 3.05) is 7.11 Å². The van der Waals surface area contributed by atoms with Crippen LogP contribution in [0.1, 0.15) is 43.8 Å². The number of nitrogens with zero attached hydrogens (tertiary/aromatic N) is 1. The molecule has 6 heteroatoms. The molecule has 0 spiro atoms. The second-order valence-electron chi connectivity index (χ2n) is 4.62. The summed E-state index contributed by atoms with van der Waals surface area (Å²) in [5, 5.41) is 5.57. The average Bonchev–Trinajstić information content (AvgIpc) is 2.96. The summed E-state index contributed by atoms with van der Waals surface area (Å²) in [5.41, 5.74) is 1.63. The number of aryl methyl sites for hydroxylation is 2. The van der Waals surface area contributed by atoms with Crippen molar-refractivity contribution in [2.24, 2.45) is 0 Å². The van der Waals surface area contributed by atoms with Crippen LogP contribution >= 0.6 is 22.7 Å². The van der Waals surface area contributed by atoms with Crippen LogP contribution in [0, 0.1) is 13.8 Å². The zero-order chi connectivity index (χ0) is 14.7. The van der Waals surface area contributed by atoms with Gasteiger partial charge in [-0.1, -0.05) is 0 Å². The minimum absolute atomic E-state index is 0.0139. The van der Waals surface area contributed by atoms with Crippen LogP contribution in [0.15, 0.2) is 11.4 Å². The second kappa shape index (κ2) is 6.47. The van der Waals surface area contributed by atoms with Crippen molar-refractivity contribution in [3.63, 3.8) is 0 Å². The van der Waals surface area contributed by atoms with Crippen molar-refractivity contribution >= 4 is 28.6 Å². The van der Waals surface area contributed by atoms with E-state index in [-0.39, 0.29) is 11.9 Å². The SMILES string of the molecule is COCc1nc(C(=O)N[C@H](C)c2cc(C)sc2C)cs1. The predicted molar refractivity (Wildman–Crippen MR) is 82.5 cm³/mol. The molecule has 0 aliphatic heterocycles. The number of methoxy groups -OCH3 is 1. The highest BCUT2D eigenvalue weighted by Crippen LogP contribution is 2.26. The molecule has 0 aliphatic carbocycles. The van der Waals surface area contributed by atoms with Gasteiger partial charge in [-0.15, -0.1) is 22.7 Å². The molecule has 1 atom stereocenters. The summed E-state index contributed by atoms with van der Waals surface area (Å²) >= 11 is 3.19. The molecule has 2 heterocycles. The number of amides is 1. The molecule has 4 nitrogen and oxygen atoms in total. The molecule has 0 aliphatic rings. The Bertz CT molecular complexity index is 604. The maximum atomic E-state index is 12.2. The molecular formula is C14H18N2O2S2. The van der Waals surface area contributed by atoms with Gasteiger partial charge in [0.25, 0.3) is 5.91 Å². The third-order valence-electron chi connectivity index (χ3n) is 2.95. The average molecular weight is 310 g/mol. The fraction of sp³-hybridized carbons (Fsp3) is 0.429.